The van der Waals surface area contributed by atoms with Crippen LogP contribution in [-0.4, -0.2) is 38.8 Å². The first-order valence-corrected chi connectivity index (χ1v) is 10.8. The van der Waals surface area contributed by atoms with Gasteiger partial charge in [-0.2, -0.15) is 4.31 Å². The summed E-state index contributed by atoms with van der Waals surface area (Å²) in [4.78, 5) is 12.2. The third-order valence-electron chi connectivity index (χ3n) is 4.72. The summed E-state index contributed by atoms with van der Waals surface area (Å²) in [5, 5.41) is 2.82. The number of carbonyl (C=O) groups is 1. The van der Waals surface area contributed by atoms with Crippen LogP contribution in [0, 0.1) is 12.7 Å². The molecule has 0 aromatic heterocycles. The average Bonchev–Trinajstić information content (AvgIpc) is 2.68. The first-order chi connectivity index (χ1) is 13.6. The molecule has 0 saturated carbocycles. The maximum Gasteiger partial charge on any atom is 0.251 e. The van der Waals surface area contributed by atoms with Crippen LogP contribution in [0.25, 0.3) is 0 Å². The second kappa shape index (κ2) is 9.37. The number of nitrogens with zero attached hydrogens (tertiary/aromatic N) is 1. The van der Waals surface area contributed by atoms with Crippen molar-refractivity contribution < 1.29 is 22.3 Å². The number of aryl methyl sites for hydroxylation is 1. The van der Waals surface area contributed by atoms with E-state index >= 15 is 0 Å². The second-order valence-corrected chi connectivity index (χ2v) is 8.58. The molecule has 29 heavy (non-hydrogen) atoms. The molecule has 0 bridgehead atoms. The Balaban J connectivity index is 2.34. The van der Waals surface area contributed by atoms with Gasteiger partial charge >= 0.3 is 0 Å². The van der Waals surface area contributed by atoms with Gasteiger partial charge in [-0.3, -0.25) is 4.79 Å². The number of benzene rings is 2. The number of sulfonamides is 1. The minimum absolute atomic E-state index is 0.0654. The molecule has 1 atom stereocenters. The van der Waals surface area contributed by atoms with Crippen LogP contribution in [0.3, 0.4) is 0 Å². The van der Waals surface area contributed by atoms with Crippen LogP contribution in [0.2, 0.25) is 0 Å². The average molecular weight is 423 g/mol. The summed E-state index contributed by atoms with van der Waals surface area (Å²) in [6.07, 6.45) is 0. The van der Waals surface area contributed by atoms with E-state index in [4.69, 9.17) is 4.74 Å². The summed E-state index contributed by atoms with van der Waals surface area (Å²) in [5.74, 6) is -0.758. The van der Waals surface area contributed by atoms with Crippen LogP contribution in [0.5, 0.6) is 5.75 Å². The lowest BCUT2D eigenvalue weighted by molar-refractivity contribution is 0.0939. The number of ether oxygens (including phenoxy) is 1. The van der Waals surface area contributed by atoms with E-state index in [0.717, 1.165) is 27.6 Å². The second-order valence-electron chi connectivity index (χ2n) is 6.68. The number of hydrogen-bond acceptors (Lipinski definition) is 4. The molecule has 2 aromatic carbocycles. The zero-order chi connectivity index (χ0) is 21.8. The lowest BCUT2D eigenvalue weighted by Crippen LogP contribution is -2.32. The van der Waals surface area contributed by atoms with Crippen molar-refractivity contribution in [3.05, 3.63) is 58.9 Å². The Morgan fingerprint density at radius 3 is 2.41 bits per heavy atom. The molecular weight excluding hydrogens is 395 g/mol. The predicted octanol–water partition coefficient (Wildman–Crippen LogP) is 3.66. The van der Waals surface area contributed by atoms with Gasteiger partial charge in [0.1, 0.15) is 16.5 Å². The van der Waals surface area contributed by atoms with Gasteiger partial charge in [0.2, 0.25) is 10.0 Å². The molecule has 1 unspecified atom stereocenters. The highest BCUT2D eigenvalue weighted by molar-refractivity contribution is 7.89. The summed E-state index contributed by atoms with van der Waals surface area (Å²) >= 11 is 0. The van der Waals surface area contributed by atoms with Crippen molar-refractivity contribution in [1.82, 2.24) is 9.62 Å². The summed E-state index contributed by atoms with van der Waals surface area (Å²) in [5.41, 5.74) is 1.87. The number of nitrogens with one attached hydrogen (secondary N) is 1. The van der Waals surface area contributed by atoms with Crippen molar-refractivity contribution in [3.8, 4) is 5.75 Å². The minimum atomic E-state index is -4.03. The third kappa shape index (κ3) is 4.94. The molecule has 0 heterocycles. The fraction of sp³-hybridized carbons (Fsp3) is 0.381. The molecule has 2 rings (SSSR count). The van der Waals surface area contributed by atoms with E-state index in [1.165, 1.54) is 6.07 Å². The number of methoxy groups -OCH3 is 1. The van der Waals surface area contributed by atoms with Crippen LogP contribution < -0.4 is 10.1 Å². The van der Waals surface area contributed by atoms with E-state index in [-0.39, 0.29) is 18.7 Å². The molecule has 0 radical (unpaired) electrons. The zero-order valence-electron chi connectivity index (χ0n) is 17.3. The number of halogens is 1. The lowest BCUT2D eigenvalue weighted by atomic mass is 10.0. The highest BCUT2D eigenvalue weighted by atomic mass is 32.2. The molecule has 0 aliphatic heterocycles. The summed E-state index contributed by atoms with van der Waals surface area (Å²) < 4.78 is 46.2. The van der Waals surface area contributed by atoms with Crippen LogP contribution in [0.4, 0.5) is 4.39 Å². The number of hydrogen-bond donors (Lipinski definition) is 1. The third-order valence-corrected chi connectivity index (χ3v) is 6.78. The van der Waals surface area contributed by atoms with Gasteiger partial charge in [0, 0.05) is 24.2 Å². The largest absolute Gasteiger partial charge is 0.496 e. The van der Waals surface area contributed by atoms with E-state index in [1.807, 2.05) is 25.1 Å². The number of amides is 1. The van der Waals surface area contributed by atoms with E-state index in [9.17, 15) is 17.6 Å². The number of carbonyl (C=O) groups excluding carboxylic acids is 1. The Kier molecular flexibility index (Phi) is 7.37. The highest BCUT2D eigenvalue weighted by Crippen LogP contribution is 2.27. The van der Waals surface area contributed by atoms with Gasteiger partial charge in [0.15, 0.2) is 0 Å². The molecule has 0 fully saturated rings. The number of rotatable bonds is 8. The van der Waals surface area contributed by atoms with Gasteiger partial charge < -0.3 is 10.1 Å². The van der Waals surface area contributed by atoms with Crippen molar-refractivity contribution in [3.63, 3.8) is 0 Å². The van der Waals surface area contributed by atoms with E-state index in [0.29, 0.717) is 5.75 Å². The molecular formula is C21H27FN2O4S. The van der Waals surface area contributed by atoms with Crippen molar-refractivity contribution in [2.24, 2.45) is 0 Å². The van der Waals surface area contributed by atoms with Crippen LogP contribution >= 0.6 is 0 Å². The molecule has 8 heteroatoms. The summed E-state index contributed by atoms with van der Waals surface area (Å²) in [6.45, 7) is 7.49. The molecule has 0 aliphatic carbocycles. The van der Waals surface area contributed by atoms with Crippen molar-refractivity contribution >= 4 is 15.9 Å². The standard InChI is InChI=1S/C21H27FN2O4S/c1-6-24(7-2)29(26,27)20-13-16(9-10-18(20)22)21(25)23-15(4)17-12-14(3)8-11-19(17)28-5/h8-13,15H,6-7H2,1-5H3,(H,23,25). The van der Waals surface area contributed by atoms with E-state index in [2.05, 4.69) is 5.32 Å². The van der Waals surface area contributed by atoms with Gasteiger partial charge in [-0.25, -0.2) is 12.8 Å². The molecule has 1 N–H and O–H groups in total. The zero-order valence-corrected chi connectivity index (χ0v) is 18.1. The Morgan fingerprint density at radius 2 is 1.83 bits per heavy atom. The van der Waals surface area contributed by atoms with Crippen LogP contribution in [-0.2, 0) is 10.0 Å². The van der Waals surface area contributed by atoms with Gasteiger partial charge in [-0.05, 0) is 38.1 Å². The normalized spacial score (nSPS) is 12.7. The van der Waals surface area contributed by atoms with Gasteiger partial charge in [0.05, 0.1) is 13.2 Å². The van der Waals surface area contributed by atoms with Crippen LogP contribution in [0.1, 0.15) is 48.3 Å². The maximum atomic E-state index is 14.3. The van der Waals surface area contributed by atoms with Gasteiger partial charge in [0.25, 0.3) is 5.91 Å². The maximum absolute atomic E-state index is 14.3. The van der Waals surface area contributed by atoms with E-state index in [1.54, 1.807) is 27.9 Å². The minimum Gasteiger partial charge on any atom is -0.496 e. The topological polar surface area (TPSA) is 75.7 Å². The molecule has 0 spiro atoms. The fourth-order valence-electron chi connectivity index (χ4n) is 3.09. The Morgan fingerprint density at radius 1 is 1.17 bits per heavy atom. The molecule has 6 nitrogen and oxygen atoms in total. The lowest BCUT2D eigenvalue weighted by Gasteiger charge is -2.20. The van der Waals surface area contributed by atoms with Crippen molar-refractivity contribution in [2.75, 3.05) is 20.2 Å². The van der Waals surface area contributed by atoms with Crippen LogP contribution in [0.15, 0.2) is 41.3 Å². The molecule has 0 aliphatic rings. The SMILES string of the molecule is CCN(CC)S(=O)(=O)c1cc(C(=O)NC(C)c2cc(C)ccc2OC)ccc1F. The Hall–Kier alpha value is -2.45. The summed E-state index contributed by atoms with van der Waals surface area (Å²) in [6, 6.07) is 8.59. The Bertz CT molecular complexity index is 988. The Labute approximate surface area is 171 Å². The molecule has 0 saturated heterocycles. The fourth-order valence-corrected chi connectivity index (χ4v) is 4.64. The van der Waals surface area contributed by atoms with Crippen molar-refractivity contribution in [2.45, 2.75) is 38.6 Å². The molecule has 2 aromatic rings. The molecule has 1 amide bonds. The highest BCUT2D eigenvalue weighted by Gasteiger charge is 2.27. The quantitative estimate of drug-likeness (QED) is 0.704. The van der Waals surface area contributed by atoms with Gasteiger partial charge in [-0.15, -0.1) is 0 Å². The van der Waals surface area contributed by atoms with Crippen molar-refractivity contribution in [1.29, 1.82) is 0 Å². The first kappa shape index (κ1) is 22.8. The summed E-state index contributed by atoms with van der Waals surface area (Å²) in [7, 11) is -2.48. The predicted molar refractivity (Wildman–Crippen MR) is 110 cm³/mol. The van der Waals surface area contributed by atoms with Gasteiger partial charge in [-0.1, -0.05) is 31.5 Å². The smallest absolute Gasteiger partial charge is 0.251 e. The molecule has 158 valence electrons. The monoisotopic (exact) mass is 422 g/mol. The first-order valence-electron chi connectivity index (χ1n) is 9.40. The van der Waals surface area contributed by atoms with E-state index < -0.39 is 32.7 Å².